The van der Waals surface area contributed by atoms with Crippen LogP contribution in [-0.4, -0.2) is 52.0 Å². The number of carbonyl (C=O) groups is 3. The number of likely N-dealkylation sites (tertiary alicyclic amines) is 1. The fourth-order valence-corrected chi connectivity index (χ4v) is 3.92. The lowest BCUT2D eigenvalue weighted by atomic mass is 10.1. The Hall–Kier alpha value is -4.40. The van der Waals surface area contributed by atoms with Crippen molar-refractivity contribution in [1.82, 2.24) is 9.88 Å². The molecule has 2 amide bonds. The average Bonchev–Trinajstić information content (AvgIpc) is 2.87. The van der Waals surface area contributed by atoms with Gasteiger partial charge in [0.05, 0.1) is 17.7 Å². The van der Waals surface area contributed by atoms with Gasteiger partial charge in [-0.2, -0.15) is 0 Å². The highest BCUT2D eigenvalue weighted by atomic mass is 16.5. The molecular weight excluding hydrogens is 462 g/mol. The van der Waals surface area contributed by atoms with Gasteiger partial charge in [-0.3, -0.25) is 9.59 Å². The van der Waals surface area contributed by atoms with E-state index in [1.807, 2.05) is 17.0 Å². The summed E-state index contributed by atoms with van der Waals surface area (Å²) in [6, 6.07) is 16.9. The first-order chi connectivity index (χ1) is 17.4. The van der Waals surface area contributed by atoms with Crippen LogP contribution >= 0.6 is 0 Å². The number of carbonyl (C=O) groups excluding carboxylic acids is 2. The van der Waals surface area contributed by atoms with Crippen LogP contribution in [0.1, 0.15) is 35.7 Å². The highest BCUT2D eigenvalue weighted by molar-refractivity contribution is 6.00. The summed E-state index contributed by atoms with van der Waals surface area (Å²) in [6.45, 7) is 3.00. The van der Waals surface area contributed by atoms with Crippen LogP contribution in [0.4, 0.5) is 5.69 Å². The molecule has 2 heterocycles. The van der Waals surface area contributed by atoms with Crippen LogP contribution in [0, 0.1) is 0 Å². The second kappa shape index (κ2) is 11.4. The summed E-state index contributed by atoms with van der Waals surface area (Å²) in [5.74, 6) is 0.354. The van der Waals surface area contributed by atoms with Gasteiger partial charge in [-0.15, -0.1) is 0 Å². The molecule has 2 N–H and O–H groups in total. The van der Waals surface area contributed by atoms with E-state index >= 15 is 0 Å². The first-order valence-corrected chi connectivity index (χ1v) is 11.6. The predicted octanol–water partition coefficient (Wildman–Crippen LogP) is 4.14. The summed E-state index contributed by atoms with van der Waals surface area (Å²) in [4.78, 5) is 41.2. The van der Waals surface area contributed by atoms with Crippen LogP contribution in [0.2, 0.25) is 0 Å². The van der Waals surface area contributed by atoms with Crippen LogP contribution in [-0.2, 0) is 16.0 Å². The molecule has 0 unspecified atom stereocenters. The third-order valence-electron chi connectivity index (χ3n) is 5.83. The van der Waals surface area contributed by atoms with Crippen molar-refractivity contribution in [2.24, 2.45) is 0 Å². The molecule has 36 heavy (non-hydrogen) atoms. The molecule has 1 aliphatic heterocycles. The standard InChI is InChI=1S/C27H27N3O6/c1-18(31)30-14-12-22(13-15-30)35-20-7-9-21(10-8-20)36-26-11-6-19(17-28-26)16-25(32)29-24-5-3-2-4-23(24)27(33)34/h2-11,17,22H,12-16H2,1H3,(H,29,32)(H,33,34). The maximum Gasteiger partial charge on any atom is 0.337 e. The number of aromatic nitrogens is 1. The number of carboxylic acids is 1. The first-order valence-electron chi connectivity index (χ1n) is 11.6. The van der Waals surface area contributed by atoms with Gasteiger partial charge in [-0.05, 0) is 42.0 Å². The minimum atomic E-state index is -1.11. The van der Waals surface area contributed by atoms with Crippen LogP contribution in [0.5, 0.6) is 17.4 Å². The molecule has 186 valence electrons. The van der Waals surface area contributed by atoms with Crippen molar-refractivity contribution in [3.63, 3.8) is 0 Å². The highest BCUT2D eigenvalue weighted by Gasteiger charge is 2.22. The monoisotopic (exact) mass is 489 g/mol. The molecule has 1 saturated heterocycles. The molecular formula is C27H27N3O6. The lowest BCUT2D eigenvalue weighted by molar-refractivity contribution is -0.130. The molecule has 9 heteroatoms. The number of ether oxygens (including phenoxy) is 2. The van der Waals surface area contributed by atoms with Crippen LogP contribution in [0.25, 0.3) is 0 Å². The Balaban J connectivity index is 1.27. The summed E-state index contributed by atoms with van der Waals surface area (Å²) in [5, 5.41) is 11.9. The molecule has 0 saturated carbocycles. The molecule has 1 aromatic heterocycles. The van der Waals surface area contributed by atoms with Gasteiger partial charge in [-0.1, -0.05) is 18.2 Å². The maximum atomic E-state index is 12.4. The SMILES string of the molecule is CC(=O)N1CCC(Oc2ccc(Oc3ccc(CC(=O)Nc4ccccc4C(=O)O)cn3)cc2)CC1. The smallest absolute Gasteiger partial charge is 0.337 e. The van der Waals surface area contributed by atoms with E-state index in [2.05, 4.69) is 10.3 Å². The van der Waals surface area contributed by atoms with Gasteiger partial charge in [0, 0.05) is 45.1 Å². The molecule has 0 bridgehead atoms. The minimum Gasteiger partial charge on any atom is -0.490 e. The van der Waals surface area contributed by atoms with Gasteiger partial charge >= 0.3 is 5.97 Å². The normalized spacial score (nSPS) is 13.6. The molecule has 0 aliphatic carbocycles. The van der Waals surface area contributed by atoms with Crippen molar-refractivity contribution in [1.29, 1.82) is 0 Å². The fraction of sp³-hybridized carbons (Fsp3) is 0.259. The number of amides is 2. The number of para-hydroxylation sites is 1. The number of piperidine rings is 1. The van der Waals surface area contributed by atoms with E-state index in [9.17, 15) is 19.5 Å². The van der Waals surface area contributed by atoms with Crippen LogP contribution in [0.3, 0.4) is 0 Å². The van der Waals surface area contributed by atoms with Gasteiger partial charge < -0.3 is 24.8 Å². The van der Waals surface area contributed by atoms with E-state index in [1.54, 1.807) is 55.6 Å². The summed E-state index contributed by atoms with van der Waals surface area (Å²) >= 11 is 0. The Morgan fingerprint density at radius 1 is 1.00 bits per heavy atom. The van der Waals surface area contributed by atoms with Crippen molar-refractivity contribution in [2.75, 3.05) is 18.4 Å². The van der Waals surface area contributed by atoms with Crippen molar-refractivity contribution in [2.45, 2.75) is 32.3 Å². The zero-order valence-electron chi connectivity index (χ0n) is 19.8. The second-order valence-electron chi connectivity index (χ2n) is 8.48. The van der Waals surface area contributed by atoms with E-state index in [0.29, 0.717) is 30.3 Å². The Kier molecular flexibility index (Phi) is 7.79. The summed E-state index contributed by atoms with van der Waals surface area (Å²) in [7, 11) is 0. The van der Waals surface area contributed by atoms with Crippen LogP contribution in [0.15, 0.2) is 66.9 Å². The van der Waals surface area contributed by atoms with Gasteiger partial charge in [-0.25, -0.2) is 9.78 Å². The number of benzene rings is 2. The fourth-order valence-electron chi connectivity index (χ4n) is 3.92. The number of hydrogen-bond acceptors (Lipinski definition) is 6. The van der Waals surface area contributed by atoms with E-state index in [0.717, 1.165) is 18.6 Å². The lowest BCUT2D eigenvalue weighted by Gasteiger charge is -2.31. The quantitative estimate of drug-likeness (QED) is 0.488. The van der Waals surface area contributed by atoms with Crippen molar-refractivity contribution >= 4 is 23.5 Å². The van der Waals surface area contributed by atoms with Crippen molar-refractivity contribution in [3.05, 3.63) is 78.0 Å². The van der Waals surface area contributed by atoms with E-state index in [-0.39, 0.29) is 35.6 Å². The number of nitrogens with zero attached hydrogens (tertiary/aromatic N) is 2. The predicted molar refractivity (Wildman–Crippen MR) is 132 cm³/mol. The largest absolute Gasteiger partial charge is 0.490 e. The van der Waals surface area contributed by atoms with Crippen LogP contribution < -0.4 is 14.8 Å². The minimum absolute atomic E-state index is 0.0301. The summed E-state index contributed by atoms with van der Waals surface area (Å²) in [6.07, 6.45) is 3.27. The molecule has 0 atom stereocenters. The third kappa shape index (κ3) is 6.59. The number of rotatable bonds is 8. The molecule has 9 nitrogen and oxygen atoms in total. The van der Waals surface area contributed by atoms with E-state index in [4.69, 9.17) is 9.47 Å². The molecule has 3 aromatic rings. The number of carboxylic acid groups (broad SMARTS) is 1. The molecule has 2 aromatic carbocycles. The number of nitrogens with one attached hydrogen (secondary N) is 1. The highest BCUT2D eigenvalue weighted by Crippen LogP contribution is 2.25. The zero-order valence-corrected chi connectivity index (χ0v) is 19.8. The van der Waals surface area contributed by atoms with E-state index < -0.39 is 5.97 Å². The number of hydrogen-bond donors (Lipinski definition) is 2. The third-order valence-corrected chi connectivity index (χ3v) is 5.83. The number of anilines is 1. The summed E-state index contributed by atoms with van der Waals surface area (Å²) < 4.78 is 11.8. The molecule has 4 rings (SSSR count). The zero-order chi connectivity index (χ0) is 25.5. The van der Waals surface area contributed by atoms with Gasteiger partial charge in [0.25, 0.3) is 0 Å². The van der Waals surface area contributed by atoms with Gasteiger partial charge in [0.2, 0.25) is 17.7 Å². The molecule has 0 spiro atoms. The number of aromatic carboxylic acids is 1. The Bertz CT molecular complexity index is 1220. The average molecular weight is 490 g/mol. The van der Waals surface area contributed by atoms with Gasteiger partial charge in [0.1, 0.15) is 17.6 Å². The lowest BCUT2D eigenvalue weighted by Crippen LogP contribution is -2.40. The maximum absolute atomic E-state index is 12.4. The molecule has 1 aliphatic rings. The topological polar surface area (TPSA) is 118 Å². The first kappa shape index (κ1) is 24.7. The Morgan fingerprint density at radius 2 is 1.69 bits per heavy atom. The van der Waals surface area contributed by atoms with Gasteiger partial charge in [0.15, 0.2) is 0 Å². The molecule has 0 radical (unpaired) electrons. The Morgan fingerprint density at radius 3 is 2.33 bits per heavy atom. The Labute approximate surface area is 208 Å². The van der Waals surface area contributed by atoms with Crippen molar-refractivity contribution in [3.8, 4) is 17.4 Å². The van der Waals surface area contributed by atoms with Crippen molar-refractivity contribution < 1.29 is 29.0 Å². The number of pyridine rings is 1. The summed E-state index contributed by atoms with van der Waals surface area (Å²) in [5.41, 5.74) is 0.937. The molecule has 1 fully saturated rings. The van der Waals surface area contributed by atoms with E-state index in [1.165, 1.54) is 6.07 Å². The second-order valence-corrected chi connectivity index (χ2v) is 8.48.